The summed E-state index contributed by atoms with van der Waals surface area (Å²) in [6.45, 7) is 5.58. The van der Waals surface area contributed by atoms with Crippen LogP contribution in [0.3, 0.4) is 0 Å². The van der Waals surface area contributed by atoms with Crippen molar-refractivity contribution in [3.05, 3.63) is 47.0 Å². The monoisotopic (exact) mass is 206 g/mol. The minimum atomic E-state index is -0.386. The first kappa shape index (κ1) is 11.2. The van der Waals surface area contributed by atoms with Crippen LogP contribution in [0.15, 0.2) is 36.9 Å². The van der Waals surface area contributed by atoms with E-state index < -0.39 is 0 Å². The lowest BCUT2D eigenvalue weighted by Crippen LogP contribution is -2.14. The minimum absolute atomic E-state index is 0.105. The molecule has 0 saturated heterocycles. The summed E-state index contributed by atoms with van der Waals surface area (Å²) in [4.78, 5) is 10.3. The van der Waals surface area contributed by atoms with Gasteiger partial charge in [0.15, 0.2) is 0 Å². The third-order valence-corrected chi connectivity index (χ3v) is 2.02. The van der Waals surface area contributed by atoms with Gasteiger partial charge in [0.05, 0.1) is 4.92 Å². The molecule has 0 bridgehead atoms. The van der Waals surface area contributed by atoms with Crippen LogP contribution in [0.5, 0.6) is 0 Å². The van der Waals surface area contributed by atoms with Crippen molar-refractivity contribution in [3.63, 3.8) is 0 Å². The number of nitro benzene ring substituents is 1. The molecule has 0 heterocycles. The van der Waals surface area contributed by atoms with Gasteiger partial charge in [-0.3, -0.25) is 10.1 Å². The van der Waals surface area contributed by atoms with E-state index in [-0.39, 0.29) is 16.7 Å². The molecule has 0 aromatic heterocycles. The molecule has 0 spiro atoms. The highest BCUT2D eigenvalue weighted by Gasteiger charge is 2.13. The van der Waals surface area contributed by atoms with Crippen LogP contribution in [0.2, 0.25) is 0 Å². The molecule has 0 aliphatic rings. The normalized spacial score (nSPS) is 11.8. The van der Waals surface area contributed by atoms with Crippen molar-refractivity contribution >= 4 is 11.4 Å². The fourth-order valence-corrected chi connectivity index (χ4v) is 1.33. The smallest absolute Gasteiger partial charge is 0.292 e. The minimum Gasteiger partial charge on any atom is -0.377 e. The molecule has 0 aliphatic heterocycles. The van der Waals surface area contributed by atoms with Crippen LogP contribution < -0.4 is 5.32 Å². The summed E-state index contributed by atoms with van der Waals surface area (Å²) < 4.78 is 0. The first-order chi connectivity index (χ1) is 7.15. The van der Waals surface area contributed by atoms with Gasteiger partial charge in [0.25, 0.3) is 5.69 Å². The maximum absolute atomic E-state index is 10.7. The standard InChI is InChI=1S/C11H14N2O2/c1-3-6-9(2)12-10-7-4-5-8-11(10)13(14)15/h3-5,7-9,12H,1,6H2,2H3. The first-order valence-electron chi connectivity index (χ1n) is 4.76. The van der Waals surface area contributed by atoms with Gasteiger partial charge in [0.1, 0.15) is 5.69 Å². The van der Waals surface area contributed by atoms with E-state index in [2.05, 4.69) is 11.9 Å². The van der Waals surface area contributed by atoms with E-state index in [9.17, 15) is 10.1 Å². The van der Waals surface area contributed by atoms with Gasteiger partial charge in [0, 0.05) is 12.1 Å². The SMILES string of the molecule is C=CCC(C)Nc1ccccc1[N+](=O)[O-]. The lowest BCUT2D eigenvalue weighted by molar-refractivity contribution is -0.384. The summed E-state index contributed by atoms with van der Waals surface area (Å²) in [5.41, 5.74) is 0.658. The zero-order valence-corrected chi connectivity index (χ0v) is 8.64. The number of para-hydroxylation sites is 2. The van der Waals surface area contributed by atoms with E-state index in [1.165, 1.54) is 6.07 Å². The Bertz CT molecular complexity index is 363. The van der Waals surface area contributed by atoms with E-state index in [1.807, 2.05) is 6.92 Å². The van der Waals surface area contributed by atoms with Crippen molar-refractivity contribution in [2.24, 2.45) is 0 Å². The van der Waals surface area contributed by atoms with E-state index in [1.54, 1.807) is 24.3 Å². The summed E-state index contributed by atoms with van der Waals surface area (Å²) >= 11 is 0. The van der Waals surface area contributed by atoms with Crippen molar-refractivity contribution < 1.29 is 4.92 Å². The molecule has 1 aromatic carbocycles. The predicted molar refractivity (Wildman–Crippen MR) is 61.0 cm³/mol. The molecule has 1 unspecified atom stereocenters. The van der Waals surface area contributed by atoms with Crippen molar-refractivity contribution in [2.75, 3.05) is 5.32 Å². The number of hydrogen-bond donors (Lipinski definition) is 1. The summed E-state index contributed by atoms with van der Waals surface area (Å²) in [6.07, 6.45) is 2.55. The van der Waals surface area contributed by atoms with Gasteiger partial charge in [-0.1, -0.05) is 18.2 Å². The molecule has 80 valence electrons. The van der Waals surface area contributed by atoms with Crippen LogP contribution >= 0.6 is 0 Å². The summed E-state index contributed by atoms with van der Waals surface area (Å²) in [5.74, 6) is 0. The number of hydrogen-bond acceptors (Lipinski definition) is 3. The van der Waals surface area contributed by atoms with E-state index in [4.69, 9.17) is 0 Å². The zero-order valence-electron chi connectivity index (χ0n) is 8.64. The van der Waals surface area contributed by atoms with Crippen LogP contribution in [0, 0.1) is 10.1 Å². The third-order valence-electron chi connectivity index (χ3n) is 2.02. The Balaban J connectivity index is 2.84. The molecule has 4 heteroatoms. The van der Waals surface area contributed by atoms with Gasteiger partial charge in [-0.05, 0) is 19.4 Å². The van der Waals surface area contributed by atoms with Gasteiger partial charge in [-0.25, -0.2) is 0 Å². The fraction of sp³-hybridized carbons (Fsp3) is 0.273. The predicted octanol–water partition coefficient (Wildman–Crippen LogP) is 2.97. The molecule has 1 rings (SSSR count). The van der Waals surface area contributed by atoms with Gasteiger partial charge >= 0.3 is 0 Å². The molecule has 0 fully saturated rings. The maximum atomic E-state index is 10.7. The Labute approximate surface area is 88.8 Å². The highest BCUT2D eigenvalue weighted by molar-refractivity contribution is 5.61. The van der Waals surface area contributed by atoms with Gasteiger partial charge in [-0.15, -0.1) is 6.58 Å². The van der Waals surface area contributed by atoms with Crippen molar-refractivity contribution in [3.8, 4) is 0 Å². The average Bonchev–Trinajstić information content (AvgIpc) is 2.18. The Hall–Kier alpha value is -1.84. The van der Waals surface area contributed by atoms with E-state index in [0.717, 1.165) is 6.42 Å². The Morgan fingerprint density at radius 1 is 1.60 bits per heavy atom. The maximum Gasteiger partial charge on any atom is 0.292 e. The van der Waals surface area contributed by atoms with E-state index >= 15 is 0 Å². The van der Waals surface area contributed by atoms with Crippen LogP contribution in [0.25, 0.3) is 0 Å². The molecular formula is C11H14N2O2. The molecule has 15 heavy (non-hydrogen) atoms. The summed E-state index contributed by atoms with van der Waals surface area (Å²) in [7, 11) is 0. The molecule has 0 amide bonds. The second kappa shape index (κ2) is 5.14. The summed E-state index contributed by atoms with van der Waals surface area (Å²) in [6, 6.07) is 6.77. The summed E-state index contributed by atoms with van der Waals surface area (Å²) in [5, 5.41) is 13.8. The molecule has 4 nitrogen and oxygen atoms in total. The molecular weight excluding hydrogens is 192 g/mol. The van der Waals surface area contributed by atoms with Crippen LogP contribution in [-0.4, -0.2) is 11.0 Å². The van der Waals surface area contributed by atoms with Crippen molar-refractivity contribution in [1.29, 1.82) is 0 Å². The number of benzene rings is 1. The number of anilines is 1. The topological polar surface area (TPSA) is 55.2 Å². The quantitative estimate of drug-likeness (QED) is 0.457. The molecule has 0 saturated carbocycles. The largest absolute Gasteiger partial charge is 0.377 e. The van der Waals surface area contributed by atoms with Gasteiger partial charge in [0.2, 0.25) is 0 Å². The molecule has 0 aliphatic carbocycles. The van der Waals surface area contributed by atoms with Crippen LogP contribution in [0.1, 0.15) is 13.3 Å². The zero-order chi connectivity index (χ0) is 11.3. The van der Waals surface area contributed by atoms with Gasteiger partial charge < -0.3 is 5.32 Å². The second-order valence-corrected chi connectivity index (χ2v) is 3.34. The Morgan fingerprint density at radius 2 is 2.27 bits per heavy atom. The molecule has 0 radical (unpaired) electrons. The highest BCUT2D eigenvalue weighted by Crippen LogP contribution is 2.24. The molecule has 1 atom stereocenters. The van der Waals surface area contributed by atoms with E-state index in [0.29, 0.717) is 5.69 Å². The second-order valence-electron chi connectivity index (χ2n) is 3.34. The third kappa shape index (κ3) is 3.09. The molecule has 1 N–H and O–H groups in total. The van der Waals surface area contributed by atoms with Crippen LogP contribution in [0.4, 0.5) is 11.4 Å². The molecule has 1 aromatic rings. The average molecular weight is 206 g/mol. The van der Waals surface area contributed by atoms with Gasteiger partial charge in [-0.2, -0.15) is 0 Å². The number of nitro groups is 1. The number of nitrogens with zero attached hydrogens (tertiary/aromatic N) is 1. The Kier molecular flexibility index (Phi) is 3.85. The van der Waals surface area contributed by atoms with Crippen molar-refractivity contribution in [2.45, 2.75) is 19.4 Å². The van der Waals surface area contributed by atoms with Crippen LogP contribution in [-0.2, 0) is 0 Å². The van der Waals surface area contributed by atoms with Crippen molar-refractivity contribution in [1.82, 2.24) is 0 Å². The lowest BCUT2D eigenvalue weighted by atomic mass is 10.2. The number of nitrogens with one attached hydrogen (secondary N) is 1. The Morgan fingerprint density at radius 3 is 2.87 bits per heavy atom. The lowest BCUT2D eigenvalue weighted by Gasteiger charge is -2.12. The first-order valence-corrected chi connectivity index (χ1v) is 4.76. The number of rotatable bonds is 5. The highest BCUT2D eigenvalue weighted by atomic mass is 16.6. The fourth-order valence-electron chi connectivity index (χ4n) is 1.33.